The molecule has 0 saturated carbocycles. The van der Waals surface area contributed by atoms with Crippen molar-refractivity contribution in [3.8, 4) is 16.8 Å². The molecule has 2 heterocycles. The maximum atomic E-state index is 12.1. The molecule has 0 aliphatic carbocycles. The zero-order valence-electron chi connectivity index (χ0n) is 26.0. The highest BCUT2D eigenvalue weighted by molar-refractivity contribution is 7.99. The molecule has 0 unspecified atom stereocenters. The van der Waals surface area contributed by atoms with Crippen molar-refractivity contribution in [2.45, 2.75) is 56.1 Å². The molecule has 12 heteroatoms. The molecule has 0 spiro atoms. The topological polar surface area (TPSA) is 149 Å². The van der Waals surface area contributed by atoms with Crippen molar-refractivity contribution >= 4 is 23.6 Å². The lowest BCUT2D eigenvalue weighted by molar-refractivity contribution is -0.245. The number of aromatic nitrogens is 4. The van der Waals surface area contributed by atoms with Crippen LogP contribution in [0.1, 0.15) is 53.9 Å². The zero-order chi connectivity index (χ0) is 33.3. The van der Waals surface area contributed by atoms with Gasteiger partial charge in [-0.2, -0.15) is 4.68 Å². The molecule has 1 aromatic heterocycles. The number of amides is 1. The summed E-state index contributed by atoms with van der Waals surface area (Å²) in [5, 5.41) is 34.2. The number of rotatable bonds is 13. The molecular weight excluding hydrogens is 630 g/mol. The van der Waals surface area contributed by atoms with Crippen LogP contribution in [0.3, 0.4) is 0 Å². The predicted molar refractivity (Wildman–Crippen MR) is 179 cm³/mol. The van der Waals surface area contributed by atoms with E-state index in [2.05, 4.69) is 20.8 Å². The highest BCUT2D eigenvalue weighted by Crippen LogP contribution is 2.40. The number of hydrogen-bond donors (Lipinski definition) is 3. The number of tetrazole rings is 1. The van der Waals surface area contributed by atoms with Gasteiger partial charge in [-0.15, -0.1) is 5.10 Å². The summed E-state index contributed by atoms with van der Waals surface area (Å²) in [5.74, 6) is -0.710. The van der Waals surface area contributed by atoms with E-state index in [1.165, 1.54) is 11.8 Å². The number of benzene rings is 4. The lowest BCUT2D eigenvalue weighted by Crippen LogP contribution is -2.31. The lowest BCUT2D eigenvalue weighted by Gasteiger charge is -2.36. The summed E-state index contributed by atoms with van der Waals surface area (Å²) in [7, 11) is 0. The van der Waals surface area contributed by atoms with E-state index in [1.807, 2.05) is 103 Å². The number of thioether (sulfide) groups is 1. The van der Waals surface area contributed by atoms with E-state index in [0.29, 0.717) is 23.9 Å². The zero-order valence-corrected chi connectivity index (χ0v) is 26.8. The quantitative estimate of drug-likeness (QED) is 0.135. The summed E-state index contributed by atoms with van der Waals surface area (Å²) in [6, 6.07) is 33.4. The number of aliphatic hydroxyl groups is 1. The fourth-order valence-corrected chi connectivity index (χ4v) is 6.33. The third kappa shape index (κ3) is 8.52. The molecule has 0 radical (unpaired) electrons. The van der Waals surface area contributed by atoms with E-state index >= 15 is 0 Å². The number of carboxylic acid groups (broad SMARTS) is 1. The van der Waals surface area contributed by atoms with E-state index in [4.69, 9.17) is 14.6 Å². The number of carboxylic acids is 1. The SMILES string of the molecule is O=C(O)CCC(=O)NCc1cccc(-c2cccc([C@@H]3O[C@H](CSc4nnnn4-c4ccccc4)C[C@H](c4ccc(CO)cc4)O3)c2)c1. The first-order valence-corrected chi connectivity index (χ1v) is 16.6. The van der Waals surface area contributed by atoms with Crippen molar-refractivity contribution in [1.29, 1.82) is 0 Å². The first-order valence-electron chi connectivity index (χ1n) is 15.6. The summed E-state index contributed by atoms with van der Waals surface area (Å²) in [4.78, 5) is 22.8. The first kappa shape index (κ1) is 33.0. The van der Waals surface area contributed by atoms with Crippen LogP contribution in [0.4, 0.5) is 0 Å². The third-order valence-corrected chi connectivity index (χ3v) is 8.98. The number of aliphatic carboxylic acids is 1. The Morgan fingerprint density at radius 1 is 0.854 bits per heavy atom. The van der Waals surface area contributed by atoms with Crippen molar-refractivity contribution in [2.24, 2.45) is 0 Å². The molecule has 0 bridgehead atoms. The molecule has 6 rings (SSSR count). The number of aliphatic hydroxyl groups excluding tert-OH is 1. The predicted octanol–water partition coefficient (Wildman–Crippen LogP) is 5.64. The van der Waals surface area contributed by atoms with Crippen molar-refractivity contribution < 1.29 is 29.3 Å². The second kappa shape index (κ2) is 15.8. The summed E-state index contributed by atoms with van der Waals surface area (Å²) in [5.41, 5.74) is 6.38. The molecule has 3 atom stereocenters. The van der Waals surface area contributed by atoms with E-state index in [-0.39, 0.29) is 37.6 Å². The van der Waals surface area contributed by atoms with Crippen molar-refractivity contribution in [2.75, 3.05) is 5.75 Å². The van der Waals surface area contributed by atoms with Crippen LogP contribution in [0.2, 0.25) is 0 Å². The van der Waals surface area contributed by atoms with Crippen LogP contribution in [-0.4, -0.2) is 54.2 Å². The minimum Gasteiger partial charge on any atom is -0.481 e. The Balaban J connectivity index is 1.20. The standard InChI is InChI=1S/C36H35N5O6S/c42-22-24-12-14-26(15-13-24)32-20-31(23-48-36-38-39-40-41(36)30-10-2-1-3-11-30)46-35(47-32)29-9-5-8-28(19-29)27-7-4-6-25(18-27)21-37-33(43)16-17-34(44)45/h1-15,18-19,31-32,35,42H,16-17,20-23H2,(H,37,43)(H,44,45)/t31-,32+,35+/m0/s1. The van der Waals surface area contributed by atoms with E-state index in [1.54, 1.807) is 4.68 Å². The van der Waals surface area contributed by atoms with Gasteiger partial charge in [0.1, 0.15) is 0 Å². The van der Waals surface area contributed by atoms with Gasteiger partial charge < -0.3 is 25.0 Å². The minimum absolute atomic E-state index is 0.0297. The van der Waals surface area contributed by atoms with Gasteiger partial charge in [0, 0.05) is 30.7 Å². The fraction of sp³-hybridized carbons (Fsp3) is 0.250. The number of carbonyl (C=O) groups excluding carboxylic acids is 1. The molecule has 1 fully saturated rings. The smallest absolute Gasteiger partial charge is 0.303 e. The Labute approximate surface area is 281 Å². The van der Waals surface area contributed by atoms with Crippen LogP contribution in [0, 0.1) is 0 Å². The van der Waals surface area contributed by atoms with Gasteiger partial charge in [-0.3, -0.25) is 9.59 Å². The number of nitrogens with one attached hydrogen (secondary N) is 1. The van der Waals surface area contributed by atoms with Crippen LogP contribution >= 0.6 is 11.8 Å². The Morgan fingerprint density at radius 3 is 2.40 bits per heavy atom. The maximum Gasteiger partial charge on any atom is 0.303 e. The Bertz CT molecular complexity index is 1830. The highest BCUT2D eigenvalue weighted by atomic mass is 32.2. The first-order chi connectivity index (χ1) is 23.4. The fourth-order valence-electron chi connectivity index (χ4n) is 5.43. The number of para-hydroxylation sites is 1. The molecule has 1 aliphatic rings. The average Bonchev–Trinajstić information content (AvgIpc) is 3.61. The van der Waals surface area contributed by atoms with Gasteiger partial charge in [0.15, 0.2) is 6.29 Å². The molecule has 246 valence electrons. The van der Waals surface area contributed by atoms with Crippen LogP contribution in [0.15, 0.2) is 108 Å². The molecule has 5 aromatic rings. The van der Waals surface area contributed by atoms with E-state index < -0.39 is 12.3 Å². The van der Waals surface area contributed by atoms with Crippen molar-refractivity contribution in [1.82, 2.24) is 25.5 Å². The number of carbonyl (C=O) groups is 2. The monoisotopic (exact) mass is 665 g/mol. The molecule has 3 N–H and O–H groups in total. The lowest BCUT2D eigenvalue weighted by atomic mass is 9.99. The molecule has 1 aliphatic heterocycles. The van der Waals surface area contributed by atoms with E-state index in [9.17, 15) is 14.7 Å². The summed E-state index contributed by atoms with van der Waals surface area (Å²) < 4.78 is 14.9. The summed E-state index contributed by atoms with van der Waals surface area (Å²) >= 11 is 1.52. The van der Waals surface area contributed by atoms with Crippen LogP contribution in [0.25, 0.3) is 16.8 Å². The van der Waals surface area contributed by atoms with E-state index in [0.717, 1.165) is 39.1 Å². The number of ether oxygens (including phenoxy) is 2. The molecule has 1 amide bonds. The molecular formula is C36H35N5O6S. The third-order valence-electron chi connectivity index (χ3n) is 7.93. The minimum atomic E-state index is -1.00. The number of nitrogens with zero attached hydrogens (tertiary/aromatic N) is 4. The van der Waals surface area contributed by atoms with Crippen molar-refractivity contribution in [3.63, 3.8) is 0 Å². The van der Waals surface area contributed by atoms with Gasteiger partial charge in [-0.25, -0.2) is 0 Å². The molecule has 48 heavy (non-hydrogen) atoms. The highest BCUT2D eigenvalue weighted by Gasteiger charge is 2.33. The van der Waals surface area contributed by atoms with Crippen LogP contribution in [-0.2, 0) is 32.2 Å². The summed E-state index contributed by atoms with van der Waals surface area (Å²) in [6.07, 6.45) is -0.722. The molecule has 11 nitrogen and oxygen atoms in total. The molecule has 1 saturated heterocycles. The van der Waals surface area contributed by atoms with Gasteiger partial charge >= 0.3 is 5.97 Å². The maximum absolute atomic E-state index is 12.1. The van der Waals surface area contributed by atoms with Gasteiger partial charge in [-0.05, 0) is 62.5 Å². The van der Waals surface area contributed by atoms with Crippen LogP contribution in [0.5, 0.6) is 0 Å². The Morgan fingerprint density at radius 2 is 1.62 bits per heavy atom. The molecule has 4 aromatic carbocycles. The second-order valence-corrected chi connectivity index (χ2v) is 12.4. The summed E-state index contributed by atoms with van der Waals surface area (Å²) in [6.45, 7) is 0.266. The van der Waals surface area contributed by atoms with Gasteiger partial charge in [0.2, 0.25) is 11.1 Å². The average molecular weight is 666 g/mol. The second-order valence-electron chi connectivity index (χ2n) is 11.4. The number of hydrogen-bond acceptors (Lipinski definition) is 9. The van der Waals surface area contributed by atoms with Gasteiger partial charge in [-0.1, -0.05) is 90.6 Å². The van der Waals surface area contributed by atoms with Gasteiger partial charge in [0.05, 0.1) is 30.9 Å². The Hall–Kier alpha value is -4.88. The Kier molecular flexibility index (Phi) is 10.9. The normalized spacial score (nSPS) is 17.6. The van der Waals surface area contributed by atoms with Crippen LogP contribution < -0.4 is 5.32 Å². The van der Waals surface area contributed by atoms with Crippen molar-refractivity contribution in [3.05, 3.63) is 125 Å². The largest absolute Gasteiger partial charge is 0.481 e. The van der Waals surface area contributed by atoms with Gasteiger partial charge in [0.25, 0.3) is 0 Å².